The van der Waals surface area contributed by atoms with Gasteiger partial charge in [0, 0.05) is 23.4 Å². The number of nitrogens with two attached hydrogens (primary N) is 1. The molecule has 3 aromatic rings. The van der Waals surface area contributed by atoms with Crippen molar-refractivity contribution < 1.29 is 18.3 Å². The monoisotopic (exact) mass is 504 g/mol. The van der Waals surface area contributed by atoms with Gasteiger partial charge in [-0.15, -0.1) is 0 Å². The van der Waals surface area contributed by atoms with Crippen molar-refractivity contribution in [3.63, 3.8) is 0 Å². The molecular formula is C27H28N4O4S. The number of anilines is 2. The Balaban J connectivity index is 1.84. The number of benzene rings is 3. The number of sulfonamides is 1. The van der Waals surface area contributed by atoms with Crippen LogP contribution in [0.25, 0.3) is 0 Å². The molecule has 0 unspecified atom stereocenters. The van der Waals surface area contributed by atoms with Crippen LogP contribution >= 0.6 is 0 Å². The number of carboxylic acids is 1. The predicted octanol–water partition coefficient (Wildman–Crippen LogP) is 3.72. The van der Waals surface area contributed by atoms with Crippen molar-refractivity contribution in [2.24, 2.45) is 5.73 Å². The van der Waals surface area contributed by atoms with Gasteiger partial charge in [0.1, 0.15) is 5.84 Å². The molecule has 3 rings (SSSR count). The van der Waals surface area contributed by atoms with Crippen molar-refractivity contribution in [3.8, 4) is 11.8 Å². The van der Waals surface area contributed by atoms with Crippen LogP contribution in [0.4, 0.5) is 11.4 Å². The normalized spacial score (nSPS) is 10.7. The van der Waals surface area contributed by atoms with E-state index in [2.05, 4.69) is 17.2 Å². The van der Waals surface area contributed by atoms with Gasteiger partial charge in [-0.25, -0.2) is 8.42 Å². The highest BCUT2D eigenvalue weighted by Crippen LogP contribution is 2.29. The van der Waals surface area contributed by atoms with Gasteiger partial charge in [0.15, 0.2) is 0 Å². The number of nitrogen functional groups attached to an aromatic ring is 1. The average molecular weight is 505 g/mol. The number of carbonyl (C=O) groups is 1. The van der Waals surface area contributed by atoms with Crippen LogP contribution in [0.15, 0.2) is 71.6 Å². The predicted molar refractivity (Wildman–Crippen MR) is 142 cm³/mol. The van der Waals surface area contributed by atoms with Crippen LogP contribution in [0.5, 0.6) is 0 Å². The molecule has 9 heteroatoms. The second-order valence-electron chi connectivity index (χ2n) is 8.13. The summed E-state index contributed by atoms with van der Waals surface area (Å²) in [7, 11) is -3.96. The SMILES string of the molecule is Cc1cc(N(CCC(=O)O)S(=O)(=O)c2ccccc2)c(C)cc1C#CCNc1ccc(C(=N)N)cc1. The minimum absolute atomic E-state index is 0.00808. The molecule has 0 saturated heterocycles. The van der Waals surface area contributed by atoms with Crippen molar-refractivity contribution in [1.29, 1.82) is 5.41 Å². The Morgan fingerprint density at radius 1 is 1.06 bits per heavy atom. The minimum Gasteiger partial charge on any atom is -0.481 e. The van der Waals surface area contributed by atoms with Crippen molar-refractivity contribution >= 4 is 33.2 Å². The number of amidine groups is 1. The van der Waals surface area contributed by atoms with Gasteiger partial charge < -0.3 is 16.2 Å². The summed E-state index contributed by atoms with van der Waals surface area (Å²) < 4.78 is 27.9. The zero-order valence-electron chi connectivity index (χ0n) is 20.1. The molecule has 186 valence electrons. The first-order valence-corrected chi connectivity index (χ1v) is 12.6. The first kappa shape index (κ1) is 26.3. The molecule has 8 nitrogen and oxygen atoms in total. The second-order valence-corrected chi connectivity index (χ2v) is 10.00. The summed E-state index contributed by atoms with van der Waals surface area (Å²) in [5.41, 5.74) is 9.57. The van der Waals surface area contributed by atoms with E-state index in [1.807, 2.05) is 25.1 Å². The standard InChI is InChI=1S/C27H28N4O4S/c1-19-18-25(31(16-14-26(32)33)36(34,35)24-8-4-3-5-9-24)20(2)17-22(19)7-6-15-30-23-12-10-21(11-13-23)27(28)29/h3-5,8-13,17-18,30H,14-16H2,1-2H3,(H3,28,29)(H,32,33). The summed E-state index contributed by atoms with van der Waals surface area (Å²) in [5, 5.41) is 19.8. The highest BCUT2D eigenvalue weighted by molar-refractivity contribution is 7.92. The van der Waals surface area contributed by atoms with E-state index in [4.69, 9.17) is 11.1 Å². The van der Waals surface area contributed by atoms with Crippen LogP contribution < -0.4 is 15.4 Å². The fourth-order valence-corrected chi connectivity index (χ4v) is 5.09. The van der Waals surface area contributed by atoms with Gasteiger partial charge in [0.2, 0.25) is 0 Å². The van der Waals surface area contributed by atoms with Gasteiger partial charge >= 0.3 is 5.97 Å². The Kier molecular flexibility index (Phi) is 8.35. The highest BCUT2D eigenvalue weighted by Gasteiger charge is 2.27. The van der Waals surface area contributed by atoms with Gasteiger partial charge in [-0.05, 0) is 73.5 Å². The molecule has 0 aromatic heterocycles. The number of nitrogens with zero attached hydrogens (tertiary/aromatic N) is 1. The Morgan fingerprint density at radius 3 is 2.33 bits per heavy atom. The summed E-state index contributed by atoms with van der Waals surface area (Å²) in [6.07, 6.45) is -0.328. The van der Waals surface area contributed by atoms with E-state index in [9.17, 15) is 18.3 Å². The zero-order valence-corrected chi connectivity index (χ0v) is 20.9. The molecule has 0 heterocycles. The number of hydrogen-bond donors (Lipinski definition) is 4. The molecule has 0 fully saturated rings. The van der Waals surface area contributed by atoms with E-state index >= 15 is 0 Å². The van der Waals surface area contributed by atoms with E-state index in [0.29, 0.717) is 23.4 Å². The number of nitrogens with one attached hydrogen (secondary N) is 2. The largest absolute Gasteiger partial charge is 0.481 e. The van der Waals surface area contributed by atoms with Crippen molar-refractivity contribution in [2.75, 3.05) is 22.7 Å². The van der Waals surface area contributed by atoms with Crippen LogP contribution in [0.2, 0.25) is 0 Å². The maximum atomic E-state index is 13.4. The Morgan fingerprint density at radius 2 is 1.72 bits per heavy atom. The Hall–Kier alpha value is -4.29. The van der Waals surface area contributed by atoms with Crippen molar-refractivity contribution in [2.45, 2.75) is 25.2 Å². The average Bonchev–Trinajstić information content (AvgIpc) is 2.85. The van der Waals surface area contributed by atoms with E-state index in [0.717, 1.165) is 21.1 Å². The number of carboxylic acid groups (broad SMARTS) is 1. The smallest absolute Gasteiger partial charge is 0.305 e. The molecule has 0 spiro atoms. The van der Waals surface area contributed by atoms with Crippen LogP contribution in [0.1, 0.15) is 28.7 Å². The molecule has 0 atom stereocenters. The van der Waals surface area contributed by atoms with E-state index in [-0.39, 0.29) is 23.7 Å². The third kappa shape index (κ3) is 6.43. The molecule has 0 aliphatic carbocycles. The minimum atomic E-state index is -3.96. The molecule has 0 bridgehead atoms. The van der Waals surface area contributed by atoms with Crippen molar-refractivity contribution in [1.82, 2.24) is 0 Å². The molecule has 5 N–H and O–H groups in total. The van der Waals surface area contributed by atoms with Gasteiger partial charge in [-0.3, -0.25) is 14.5 Å². The van der Waals surface area contributed by atoms with Crippen LogP contribution in [-0.2, 0) is 14.8 Å². The number of aryl methyl sites for hydroxylation is 2. The lowest BCUT2D eigenvalue weighted by atomic mass is 10.0. The first-order valence-electron chi connectivity index (χ1n) is 11.2. The van der Waals surface area contributed by atoms with E-state index < -0.39 is 16.0 Å². The fourth-order valence-electron chi connectivity index (χ4n) is 3.54. The quantitative estimate of drug-likeness (QED) is 0.199. The molecular weight excluding hydrogens is 476 g/mol. The molecule has 0 aliphatic heterocycles. The fraction of sp³-hybridized carbons (Fsp3) is 0.185. The summed E-state index contributed by atoms with van der Waals surface area (Å²) in [5.74, 6) is 5.10. The molecule has 0 radical (unpaired) electrons. The molecule has 0 aliphatic rings. The van der Waals surface area contributed by atoms with Crippen LogP contribution in [0.3, 0.4) is 0 Å². The zero-order chi connectivity index (χ0) is 26.3. The summed E-state index contributed by atoms with van der Waals surface area (Å²) in [6, 6.07) is 18.7. The van der Waals surface area contributed by atoms with Crippen molar-refractivity contribution in [3.05, 3.63) is 89.0 Å². The third-order valence-electron chi connectivity index (χ3n) is 5.47. The summed E-state index contributed by atoms with van der Waals surface area (Å²) in [4.78, 5) is 11.3. The molecule has 36 heavy (non-hydrogen) atoms. The van der Waals surface area contributed by atoms with Crippen LogP contribution in [-0.4, -0.2) is 38.4 Å². The Bertz CT molecular complexity index is 1420. The lowest BCUT2D eigenvalue weighted by molar-refractivity contribution is -0.136. The number of rotatable bonds is 9. The number of aliphatic carboxylic acids is 1. The number of hydrogen-bond acceptors (Lipinski definition) is 5. The van der Waals surface area contributed by atoms with E-state index in [1.54, 1.807) is 43.3 Å². The highest BCUT2D eigenvalue weighted by atomic mass is 32.2. The molecule has 0 amide bonds. The van der Waals surface area contributed by atoms with Gasteiger partial charge in [-0.1, -0.05) is 30.0 Å². The van der Waals surface area contributed by atoms with Gasteiger partial charge in [-0.2, -0.15) is 0 Å². The summed E-state index contributed by atoms with van der Waals surface area (Å²) in [6.45, 7) is 3.81. The molecule has 0 saturated carbocycles. The third-order valence-corrected chi connectivity index (χ3v) is 7.30. The summed E-state index contributed by atoms with van der Waals surface area (Å²) >= 11 is 0. The van der Waals surface area contributed by atoms with Crippen LogP contribution in [0, 0.1) is 31.1 Å². The van der Waals surface area contributed by atoms with Gasteiger partial charge in [0.05, 0.1) is 23.5 Å². The maximum absolute atomic E-state index is 13.4. The van der Waals surface area contributed by atoms with E-state index in [1.165, 1.54) is 12.1 Å². The lowest BCUT2D eigenvalue weighted by Gasteiger charge is -2.26. The lowest BCUT2D eigenvalue weighted by Crippen LogP contribution is -2.33. The Labute approximate surface area is 211 Å². The second kappa shape index (κ2) is 11.4. The molecule has 3 aromatic carbocycles. The topological polar surface area (TPSA) is 137 Å². The first-order chi connectivity index (χ1) is 17.1. The maximum Gasteiger partial charge on any atom is 0.305 e. The van der Waals surface area contributed by atoms with Gasteiger partial charge in [0.25, 0.3) is 10.0 Å².